The fourth-order valence-electron chi connectivity index (χ4n) is 5.54. The van der Waals surface area contributed by atoms with Crippen LogP contribution in [-0.4, -0.2) is 41.3 Å². The summed E-state index contributed by atoms with van der Waals surface area (Å²) in [5, 5.41) is 16.3. The molecule has 0 aliphatic heterocycles. The summed E-state index contributed by atoms with van der Waals surface area (Å²) >= 11 is 0. The van der Waals surface area contributed by atoms with Crippen LogP contribution in [0, 0.1) is 0 Å². The van der Waals surface area contributed by atoms with Crippen molar-refractivity contribution in [2.75, 3.05) is 0 Å². The minimum Gasteiger partial charge on any atom is -0.478 e. The molecule has 198 valence electrons. The normalized spacial score (nSPS) is 21.3. The van der Waals surface area contributed by atoms with Gasteiger partial charge in [-0.1, -0.05) is 56.3 Å². The average molecular weight is 505 g/mol. The number of amides is 1. The van der Waals surface area contributed by atoms with Crippen LogP contribution in [0.3, 0.4) is 0 Å². The van der Waals surface area contributed by atoms with E-state index in [1.807, 2.05) is 0 Å². The monoisotopic (exact) mass is 504 g/mol. The molecule has 0 saturated carbocycles. The Hall–Kier alpha value is -2.96. The van der Waals surface area contributed by atoms with Crippen LogP contribution in [0.15, 0.2) is 54.1 Å². The predicted octanol–water partition coefficient (Wildman–Crippen LogP) is 5.18. The number of hydrogen-bond donors (Lipinski definition) is 3. The number of fused-ring (bicyclic) bond motifs is 1. The number of rotatable bonds is 10. The van der Waals surface area contributed by atoms with Gasteiger partial charge in [-0.05, 0) is 78.8 Å². The Kier molecular flexibility index (Phi) is 9.17. The number of carbonyl (C=O) groups is 2. The molecular weight excluding hydrogens is 464 g/mol. The number of hydrogen-bond acceptors (Lipinski definition) is 4. The smallest absolute Gasteiger partial charge is 0.331 e. The maximum Gasteiger partial charge on any atom is 0.331 e. The molecule has 2 aromatic rings. The van der Waals surface area contributed by atoms with E-state index in [9.17, 15) is 14.7 Å². The Morgan fingerprint density at radius 1 is 1.00 bits per heavy atom. The summed E-state index contributed by atoms with van der Waals surface area (Å²) < 4.78 is 6.28. The highest BCUT2D eigenvalue weighted by atomic mass is 16.5. The molecule has 6 heteroatoms. The molecule has 0 aromatic heterocycles. The highest BCUT2D eigenvalue weighted by Gasteiger charge is 2.37. The summed E-state index contributed by atoms with van der Waals surface area (Å²) in [5.41, 5.74) is 6.82. The predicted molar refractivity (Wildman–Crippen MR) is 146 cm³/mol. The van der Waals surface area contributed by atoms with Gasteiger partial charge in [-0.15, -0.1) is 0 Å². The summed E-state index contributed by atoms with van der Waals surface area (Å²) in [6.45, 7) is 6.16. The minimum absolute atomic E-state index is 0.00226. The van der Waals surface area contributed by atoms with Crippen LogP contribution in [0.2, 0.25) is 0 Å². The van der Waals surface area contributed by atoms with Gasteiger partial charge in [-0.3, -0.25) is 4.79 Å². The van der Waals surface area contributed by atoms with Crippen molar-refractivity contribution in [2.45, 2.75) is 96.6 Å². The highest BCUT2D eigenvalue weighted by Crippen LogP contribution is 2.28. The molecule has 0 radical (unpaired) electrons. The topological polar surface area (TPSA) is 87.7 Å². The van der Waals surface area contributed by atoms with Crippen molar-refractivity contribution in [1.82, 2.24) is 10.6 Å². The van der Waals surface area contributed by atoms with Crippen molar-refractivity contribution in [3.63, 3.8) is 0 Å². The molecule has 0 spiro atoms. The van der Waals surface area contributed by atoms with Crippen molar-refractivity contribution in [1.29, 1.82) is 0 Å². The summed E-state index contributed by atoms with van der Waals surface area (Å²) in [4.78, 5) is 23.9. The lowest BCUT2D eigenvalue weighted by Gasteiger charge is -2.38. The quantitative estimate of drug-likeness (QED) is 0.415. The Morgan fingerprint density at radius 3 is 2.32 bits per heavy atom. The average Bonchev–Trinajstić information content (AvgIpc) is 2.91. The summed E-state index contributed by atoms with van der Waals surface area (Å²) in [6.07, 6.45) is 8.04. The molecule has 0 heterocycles. The largest absolute Gasteiger partial charge is 0.478 e. The van der Waals surface area contributed by atoms with Gasteiger partial charge < -0.3 is 20.5 Å². The Morgan fingerprint density at radius 2 is 1.68 bits per heavy atom. The van der Waals surface area contributed by atoms with Gasteiger partial charge in [0.25, 0.3) is 0 Å². The maximum atomic E-state index is 12.0. The lowest BCUT2D eigenvalue weighted by atomic mass is 9.87. The highest BCUT2D eigenvalue weighted by molar-refractivity contribution is 5.87. The molecule has 6 nitrogen and oxygen atoms in total. The number of ether oxygens (including phenoxy) is 1. The van der Waals surface area contributed by atoms with Crippen LogP contribution in [0.25, 0.3) is 11.1 Å². The number of aliphatic carboxylic acids is 1. The third-order valence-electron chi connectivity index (χ3n) is 7.70. The molecule has 37 heavy (non-hydrogen) atoms. The summed E-state index contributed by atoms with van der Waals surface area (Å²) in [6, 6.07) is 14.7. The van der Waals surface area contributed by atoms with Gasteiger partial charge in [0.15, 0.2) is 0 Å². The van der Waals surface area contributed by atoms with E-state index in [0.29, 0.717) is 18.5 Å². The summed E-state index contributed by atoms with van der Waals surface area (Å²) in [7, 11) is 0. The van der Waals surface area contributed by atoms with Gasteiger partial charge >= 0.3 is 5.97 Å². The van der Waals surface area contributed by atoms with Crippen LogP contribution >= 0.6 is 0 Å². The fourth-order valence-corrected chi connectivity index (χ4v) is 5.54. The van der Waals surface area contributed by atoms with Crippen molar-refractivity contribution < 1.29 is 19.4 Å². The molecule has 4 rings (SSSR count). The van der Waals surface area contributed by atoms with Gasteiger partial charge in [0.05, 0.1) is 18.2 Å². The number of carboxylic acids is 1. The molecule has 3 N–H and O–H groups in total. The molecular formula is C31H40N2O4. The maximum absolute atomic E-state index is 12.0. The van der Waals surface area contributed by atoms with E-state index >= 15 is 0 Å². The first-order chi connectivity index (χ1) is 17.9. The van der Waals surface area contributed by atoms with Crippen molar-refractivity contribution in [3.05, 3.63) is 70.8 Å². The van der Waals surface area contributed by atoms with Crippen LogP contribution < -0.4 is 10.6 Å². The van der Waals surface area contributed by atoms with Crippen LogP contribution in [0.1, 0.15) is 69.6 Å². The Bertz CT molecular complexity index is 1120. The molecule has 2 aliphatic rings. The Labute approximate surface area is 220 Å². The number of nitrogens with one attached hydrogen (secondary N) is 2. The zero-order chi connectivity index (χ0) is 26.4. The van der Waals surface area contributed by atoms with E-state index in [1.165, 1.54) is 48.4 Å². The molecule has 0 unspecified atom stereocenters. The second kappa shape index (κ2) is 12.5. The van der Waals surface area contributed by atoms with Gasteiger partial charge in [0.1, 0.15) is 0 Å². The molecule has 0 bridgehead atoms. The minimum atomic E-state index is -0.944. The number of aryl methyl sites for hydroxylation is 2. The van der Waals surface area contributed by atoms with E-state index in [2.05, 4.69) is 66.9 Å². The van der Waals surface area contributed by atoms with E-state index in [-0.39, 0.29) is 24.1 Å². The zero-order valence-corrected chi connectivity index (χ0v) is 22.3. The molecule has 0 saturated heterocycles. The van der Waals surface area contributed by atoms with Crippen LogP contribution in [0.5, 0.6) is 0 Å². The Balaban J connectivity index is 1.48. The SMILES string of the molecule is CCC(CC)O[C@@H]1C=C(C(=O)O)C[C@H](NCc2ccc(-c3ccc4c(c3)CCCC4)cc2)[C@H]1NC(C)=O. The van der Waals surface area contributed by atoms with Gasteiger partial charge in [-0.2, -0.15) is 0 Å². The first kappa shape index (κ1) is 27.1. The molecule has 0 fully saturated rings. The lowest BCUT2D eigenvalue weighted by Crippen LogP contribution is -2.58. The third-order valence-corrected chi connectivity index (χ3v) is 7.70. The number of carboxylic acid groups (broad SMARTS) is 1. The molecule has 1 amide bonds. The molecule has 3 atom stereocenters. The van der Waals surface area contributed by atoms with E-state index < -0.39 is 12.1 Å². The first-order valence-corrected chi connectivity index (χ1v) is 13.7. The van der Waals surface area contributed by atoms with E-state index in [1.54, 1.807) is 6.08 Å². The van der Waals surface area contributed by atoms with Gasteiger partial charge in [0.2, 0.25) is 5.91 Å². The molecule has 2 aromatic carbocycles. The fraction of sp³-hybridized carbons (Fsp3) is 0.484. The number of carbonyl (C=O) groups excluding carboxylic acids is 1. The lowest BCUT2D eigenvalue weighted by molar-refractivity contribution is -0.133. The van der Waals surface area contributed by atoms with E-state index in [0.717, 1.165) is 24.8 Å². The van der Waals surface area contributed by atoms with Crippen molar-refractivity contribution >= 4 is 11.9 Å². The second-order valence-corrected chi connectivity index (χ2v) is 10.3. The molecule has 2 aliphatic carbocycles. The van der Waals surface area contributed by atoms with Gasteiger partial charge in [-0.25, -0.2) is 4.79 Å². The number of benzene rings is 2. The first-order valence-electron chi connectivity index (χ1n) is 13.7. The third kappa shape index (κ3) is 6.88. The summed E-state index contributed by atoms with van der Waals surface area (Å²) in [5.74, 6) is -1.10. The van der Waals surface area contributed by atoms with Crippen LogP contribution in [-0.2, 0) is 33.7 Å². The second-order valence-electron chi connectivity index (χ2n) is 10.3. The van der Waals surface area contributed by atoms with Crippen molar-refractivity contribution in [3.8, 4) is 11.1 Å². The van der Waals surface area contributed by atoms with Crippen LogP contribution in [0.4, 0.5) is 0 Å². The van der Waals surface area contributed by atoms with Crippen molar-refractivity contribution in [2.24, 2.45) is 0 Å². The van der Waals surface area contributed by atoms with Gasteiger partial charge in [0, 0.05) is 25.1 Å². The van der Waals surface area contributed by atoms with E-state index in [4.69, 9.17) is 4.74 Å². The standard InChI is InChI=1S/C31H40N2O4/c1-4-27(5-2)37-29-18-26(31(35)36)17-28(30(29)33-20(3)34)32-19-21-10-12-23(13-11-21)25-15-14-22-8-6-7-9-24(22)16-25/h10-16,18,27-30,32H,4-9,17,19H2,1-3H3,(H,33,34)(H,35,36)/t28-,29+,30+/m0/s1. The zero-order valence-electron chi connectivity index (χ0n) is 22.3.